The Bertz CT molecular complexity index is 2700. The van der Waals surface area contributed by atoms with E-state index in [1.165, 1.54) is 7.11 Å². The molecule has 68 heavy (non-hydrogen) atoms. The number of pyridine rings is 1. The second-order valence-electron chi connectivity index (χ2n) is 21.3. The number of carbonyl (C=O) groups is 3. The molecule has 9 rings (SSSR count). The predicted octanol–water partition coefficient (Wildman–Crippen LogP) is 10.6. The number of benzene rings is 3. The standard InChI is InChI=1S/C57H64ClNO8S/c1-53(2,65)44-12-7-6-10-36(44)16-22-48(38-11-8-9-35(27-38)13-19-41-20-15-37-14-18-40(58)29-46(37)59-41)68-34-56(25-26-56)32-51(64)67-33-50(63)57(66-5)49(62)30-45-43-21-17-39-28-42(60)23-24-54(39,3)52(43)47(61)31-55(45,57)4/h6-15,18-20,23-24,27-29,43,45,47-49,52,61-62,65H,16-17,21-22,25-26,30-34H2,1-5H3/b19-13+. The molecule has 3 N–H and O–H groups in total. The molecule has 9 atom stereocenters. The number of aryl methyl sites for hydroxylation is 1. The molecule has 0 radical (unpaired) electrons. The lowest BCUT2D eigenvalue weighted by Crippen LogP contribution is -2.64. The van der Waals surface area contributed by atoms with Gasteiger partial charge >= 0.3 is 5.97 Å². The number of fused-ring (bicyclic) bond motifs is 6. The Morgan fingerprint density at radius 3 is 2.56 bits per heavy atom. The van der Waals surface area contributed by atoms with Crippen molar-refractivity contribution in [2.24, 2.45) is 34.0 Å². The minimum absolute atomic E-state index is 0.00908. The van der Waals surface area contributed by atoms with Gasteiger partial charge in [0.2, 0.25) is 5.78 Å². The Morgan fingerprint density at radius 2 is 1.79 bits per heavy atom. The molecule has 11 heteroatoms. The van der Waals surface area contributed by atoms with E-state index in [-0.39, 0.29) is 47.0 Å². The zero-order valence-corrected chi connectivity index (χ0v) is 41.3. The monoisotopic (exact) mass is 957 g/mol. The van der Waals surface area contributed by atoms with Crippen LogP contribution in [0.3, 0.4) is 0 Å². The van der Waals surface area contributed by atoms with Crippen LogP contribution in [-0.2, 0) is 35.9 Å². The number of aliphatic hydroxyl groups excluding tert-OH is 2. The number of hydrogen-bond acceptors (Lipinski definition) is 10. The van der Waals surface area contributed by atoms with E-state index >= 15 is 0 Å². The molecule has 0 aliphatic heterocycles. The van der Waals surface area contributed by atoms with Gasteiger partial charge < -0.3 is 24.8 Å². The van der Waals surface area contributed by atoms with Crippen LogP contribution in [0.25, 0.3) is 23.1 Å². The average Bonchev–Trinajstić information content (AvgIpc) is 4.02. The van der Waals surface area contributed by atoms with Gasteiger partial charge in [-0.15, -0.1) is 0 Å². The van der Waals surface area contributed by atoms with E-state index in [9.17, 15) is 29.7 Å². The summed E-state index contributed by atoms with van der Waals surface area (Å²) in [5.41, 5.74) is 2.57. The Morgan fingerprint density at radius 1 is 1.01 bits per heavy atom. The van der Waals surface area contributed by atoms with Crippen molar-refractivity contribution in [1.29, 1.82) is 0 Å². The molecular weight excluding hydrogens is 894 g/mol. The van der Waals surface area contributed by atoms with Gasteiger partial charge in [-0.2, -0.15) is 11.8 Å². The molecule has 1 heterocycles. The van der Waals surface area contributed by atoms with Crippen molar-refractivity contribution in [2.45, 2.75) is 114 Å². The summed E-state index contributed by atoms with van der Waals surface area (Å²) in [6.45, 7) is 7.15. The van der Waals surface area contributed by atoms with Crippen molar-refractivity contribution in [2.75, 3.05) is 19.5 Å². The fourth-order valence-electron chi connectivity index (χ4n) is 13.0. The summed E-state index contributed by atoms with van der Waals surface area (Å²) in [4.78, 5) is 45.4. The number of halogens is 1. The van der Waals surface area contributed by atoms with Crippen molar-refractivity contribution in [3.8, 4) is 0 Å². The van der Waals surface area contributed by atoms with Gasteiger partial charge in [-0.05, 0) is 141 Å². The summed E-state index contributed by atoms with van der Waals surface area (Å²) in [5, 5.41) is 36.6. The van der Waals surface area contributed by atoms with Gasteiger partial charge in [0, 0.05) is 45.3 Å². The van der Waals surface area contributed by atoms with Gasteiger partial charge in [-0.3, -0.25) is 14.4 Å². The van der Waals surface area contributed by atoms with Crippen LogP contribution in [0.15, 0.2) is 103 Å². The molecule has 5 aliphatic rings. The van der Waals surface area contributed by atoms with Gasteiger partial charge in [0.25, 0.3) is 0 Å². The molecule has 3 aromatic carbocycles. The third kappa shape index (κ3) is 9.10. The summed E-state index contributed by atoms with van der Waals surface area (Å²) < 4.78 is 11.9. The molecule has 9 nitrogen and oxygen atoms in total. The second kappa shape index (κ2) is 18.7. The molecule has 1 aromatic heterocycles. The van der Waals surface area contributed by atoms with E-state index in [0.29, 0.717) is 17.9 Å². The maximum Gasteiger partial charge on any atom is 0.306 e. The summed E-state index contributed by atoms with van der Waals surface area (Å²) in [6, 6.07) is 26.3. The minimum atomic E-state index is -1.66. The maximum absolute atomic E-state index is 14.5. The highest BCUT2D eigenvalue weighted by Crippen LogP contribution is 2.68. The van der Waals surface area contributed by atoms with Gasteiger partial charge in [0.05, 0.1) is 35.4 Å². The third-order valence-corrected chi connectivity index (χ3v) is 18.5. The molecule has 4 aromatic rings. The third-order valence-electron chi connectivity index (χ3n) is 16.6. The Balaban J connectivity index is 0.879. The van der Waals surface area contributed by atoms with Crippen LogP contribution in [0.1, 0.15) is 112 Å². The summed E-state index contributed by atoms with van der Waals surface area (Å²) in [6.07, 6.45) is 12.8. The first-order chi connectivity index (χ1) is 32.4. The summed E-state index contributed by atoms with van der Waals surface area (Å²) in [7, 11) is 1.44. The first-order valence-corrected chi connectivity index (χ1v) is 25.6. The van der Waals surface area contributed by atoms with Crippen molar-refractivity contribution < 1.29 is 39.2 Å². The van der Waals surface area contributed by atoms with Crippen LogP contribution in [0.2, 0.25) is 5.02 Å². The number of carbonyl (C=O) groups excluding carboxylic acids is 3. The van der Waals surface area contributed by atoms with Gasteiger partial charge in [0.15, 0.2) is 18.0 Å². The van der Waals surface area contributed by atoms with Crippen molar-refractivity contribution in [1.82, 2.24) is 4.98 Å². The average molecular weight is 959 g/mol. The smallest absolute Gasteiger partial charge is 0.306 e. The summed E-state index contributed by atoms with van der Waals surface area (Å²) in [5.74, 6) is -0.562. The maximum atomic E-state index is 14.5. The van der Waals surface area contributed by atoms with Crippen LogP contribution in [0, 0.1) is 34.0 Å². The lowest BCUT2D eigenvalue weighted by Gasteiger charge is -2.59. The zero-order valence-electron chi connectivity index (χ0n) is 39.8. The molecule has 0 bridgehead atoms. The number of ketones is 2. The Hall–Kier alpha value is -4.42. The molecule has 0 spiro atoms. The molecule has 0 saturated heterocycles. The molecule has 0 amide bonds. The van der Waals surface area contributed by atoms with Gasteiger partial charge in [0.1, 0.15) is 0 Å². The number of thioether (sulfide) groups is 1. The van der Waals surface area contributed by atoms with Crippen molar-refractivity contribution in [3.63, 3.8) is 0 Å². The fourth-order valence-corrected chi connectivity index (χ4v) is 14.7. The molecule has 358 valence electrons. The number of Topliss-reactive ketones (excluding diaryl/α,β-unsaturated/α-hetero) is 1. The molecule has 9 unspecified atom stereocenters. The van der Waals surface area contributed by atoms with Crippen LogP contribution >= 0.6 is 23.4 Å². The Labute approximate surface area is 409 Å². The van der Waals surface area contributed by atoms with E-state index in [1.807, 2.05) is 93.2 Å². The lowest BCUT2D eigenvalue weighted by molar-refractivity contribution is -0.201. The number of aromatic nitrogens is 1. The number of esters is 1. The van der Waals surface area contributed by atoms with Crippen molar-refractivity contribution >= 4 is 64.0 Å². The molecule has 4 saturated carbocycles. The number of ether oxygens (including phenoxy) is 2. The SMILES string of the molecule is COC1(C(=O)COC(=O)CC2(CSC(CCc3ccccc3C(C)(C)O)c3cccc(/C=C/c4ccc5ccc(Cl)cc5n4)c3)CC2)C(O)CC2C3CCC4=CC(=O)C=CC4(C)C3C(O)CC21C. The van der Waals surface area contributed by atoms with E-state index in [0.717, 1.165) is 82.3 Å². The normalized spacial score (nSPS) is 29.8. The quantitative estimate of drug-likeness (QED) is 0.0929. The highest BCUT2D eigenvalue weighted by atomic mass is 35.5. The van der Waals surface area contributed by atoms with E-state index in [4.69, 9.17) is 26.1 Å². The number of allylic oxidation sites excluding steroid dienone is 4. The first-order valence-electron chi connectivity index (χ1n) is 24.2. The molecule has 4 fully saturated rings. The first kappa shape index (κ1) is 48.6. The van der Waals surface area contributed by atoms with Gasteiger partial charge in [-0.1, -0.05) is 104 Å². The highest BCUT2D eigenvalue weighted by molar-refractivity contribution is 7.99. The minimum Gasteiger partial charge on any atom is -0.458 e. The van der Waals surface area contributed by atoms with E-state index in [2.05, 4.69) is 43.3 Å². The van der Waals surface area contributed by atoms with E-state index in [1.54, 1.807) is 12.2 Å². The zero-order chi connectivity index (χ0) is 48.2. The van der Waals surface area contributed by atoms with Crippen LogP contribution in [0.4, 0.5) is 0 Å². The van der Waals surface area contributed by atoms with Gasteiger partial charge in [-0.25, -0.2) is 4.98 Å². The second-order valence-corrected chi connectivity index (χ2v) is 22.9. The summed E-state index contributed by atoms with van der Waals surface area (Å²) >= 11 is 8.09. The van der Waals surface area contributed by atoms with Crippen LogP contribution < -0.4 is 0 Å². The predicted molar refractivity (Wildman–Crippen MR) is 269 cm³/mol. The Kier molecular flexibility index (Phi) is 13.4. The number of rotatable bonds is 16. The molecule has 5 aliphatic carbocycles. The largest absolute Gasteiger partial charge is 0.458 e. The number of nitrogens with zero attached hydrogens (tertiary/aromatic N) is 1. The van der Waals surface area contributed by atoms with Crippen LogP contribution in [-0.4, -0.2) is 75.1 Å². The topological polar surface area (TPSA) is 143 Å². The number of hydrogen-bond donors (Lipinski definition) is 3. The molecular formula is C57H64ClNO8S. The highest BCUT2D eigenvalue weighted by Gasteiger charge is 2.72. The lowest BCUT2D eigenvalue weighted by atomic mass is 9.46. The fraction of sp³-hybridized carbons (Fsp3) is 0.474. The van der Waals surface area contributed by atoms with Crippen molar-refractivity contribution in [3.05, 3.63) is 136 Å². The number of aliphatic hydroxyl groups is 3. The number of methoxy groups -OCH3 is 1. The van der Waals surface area contributed by atoms with E-state index < -0.39 is 52.6 Å². The van der Waals surface area contributed by atoms with Crippen LogP contribution in [0.5, 0.6) is 0 Å².